The average molecular weight is 150 g/mol. The molecule has 0 aliphatic rings. The summed E-state index contributed by atoms with van der Waals surface area (Å²) in [6.45, 7) is 0. The van der Waals surface area contributed by atoms with Crippen molar-refractivity contribution in [2.24, 2.45) is 0 Å². The summed E-state index contributed by atoms with van der Waals surface area (Å²) in [5.74, 6) is 0. The molecule has 4 heteroatoms. The van der Waals surface area contributed by atoms with Crippen LogP contribution in [-0.2, 0) is 0 Å². The van der Waals surface area contributed by atoms with Crippen LogP contribution in [0.1, 0.15) is 0 Å². The highest BCUT2D eigenvalue weighted by Gasteiger charge is 2.10. The predicted molar refractivity (Wildman–Crippen MR) is 27.9 cm³/mol. The van der Waals surface area contributed by atoms with Gasteiger partial charge in [0.1, 0.15) is 0 Å². The molecule has 0 unspecified atom stereocenters. The Hall–Kier alpha value is 1.22. The van der Waals surface area contributed by atoms with E-state index in [-0.39, 0.29) is 0 Å². The van der Waals surface area contributed by atoms with Crippen molar-refractivity contribution >= 4 is 47.4 Å². The van der Waals surface area contributed by atoms with Crippen LogP contribution in [0.5, 0.6) is 0 Å². The molecular weight excluding hydrogens is 150 g/mol. The molecule has 0 saturated heterocycles. The van der Waals surface area contributed by atoms with E-state index in [4.69, 9.17) is 34.8 Å². The monoisotopic (exact) mass is 149 g/mol. The van der Waals surface area contributed by atoms with E-state index in [1.807, 2.05) is 0 Å². The Morgan fingerprint density at radius 1 is 1.20 bits per heavy atom. The highest BCUT2D eigenvalue weighted by atomic mass is 35.6. The van der Waals surface area contributed by atoms with Crippen molar-refractivity contribution < 1.29 is 0 Å². The maximum absolute atomic E-state index is 4.88. The Morgan fingerprint density at radius 2 is 1.20 bits per heavy atom. The number of rotatable bonds is 0. The SMILES string of the molecule is [S]C(Cl)(Cl)Cl. The first-order valence-corrected chi connectivity index (χ1v) is 2.31. The van der Waals surface area contributed by atoms with Crippen LogP contribution in [0.25, 0.3) is 0 Å². The standard InChI is InChI=1S/CCl3S/c2-1(3,4)5. The third-order valence-electron chi connectivity index (χ3n) is 0. The van der Waals surface area contributed by atoms with Gasteiger partial charge in [0.25, 0.3) is 0 Å². The van der Waals surface area contributed by atoms with Crippen molar-refractivity contribution in [1.29, 1.82) is 0 Å². The van der Waals surface area contributed by atoms with Gasteiger partial charge in [0.2, 0.25) is 3.12 Å². The first-order chi connectivity index (χ1) is 2.00. The minimum atomic E-state index is -1.50. The van der Waals surface area contributed by atoms with Gasteiger partial charge >= 0.3 is 0 Å². The molecule has 0 aliphatic heterocycles. The zero-order valence-corrected chi connectivity index (χ0v) is 5.13. The topological polar surface area (TPSA) is 0 Å². The smallest absolute Gasteiger partial charge is 0.0710 e. The summed E-state index contributed by atoms with van der Waals surface area (Å²) in [6.07, 6.45) is 0. The van der Waals surface area contributed by atoms with E-state index in [1.165, 1.54) is 0 Å². The summed E-state index contributed by atoms with van der Waals surface area (Å²) >= 11 is 18.8. The molecule has 5 heavy (non-hydrogen) atoms. The molecular formula is CCl3S. The van der Waals surface area contributed by atoms with Crippen molar-refractivity contribution in [3.8, 4) is 0 Å². The van der Waals surface area contributed by atoms with Crippen LogP contribution in [-0.4, -0.2) is 3.12 Å². The second-order valence-corrected chi connectivity index (χ2v) is 4.01. The lowest BCUT2D eigenvalue weighted by Gasteiger charge is -1.91. The Morgan fingerprint density at radius 3 is 1.20 bits per heavy atom. The molecule has 0 rings (SSSR count). The van der Waals surface area contributed by atoms with Crippen LogP contribution < -0.4 is 0 Å². The molecule has 0 atom stereocenters. The fraction of sp³-hybridized carbons (Fsp3) is 1.00. The van der Waals surface area contributed by atoms with Gasteiger partial charge in [0, 0.05) is 0 Å². The Labute approximate surface area is 50.8 Å². The third kappa shape index (κ3) is 36.4. The summed E-state index contributed by atoms with van der Waals surface area (Å²) in [6, 6.07) is 0. The molecule has 0 amide bonds. The molecule has 0 aromatic rings. The highest BCUT2D eigenvalue weighted by molar-refractivity contribution is 7.87. The lowest BCUT2D eigenvalue weighted by Crippen LogP contribution is -1.81. The van der Waals surface area contributed by atoms with E-state index in [0.717, 1.165) is 0 Å². The number of alkyl halides is 3. The summed E-state index contributed by atoms with van der Waals surface area (Å²) < 4.78 is -1.50. The zero-order chi connectivity index (χ0) is 4.50. The van der Waals surface area contributed by atoms with E-state index in [0.29, 0.717) is 0 Å². The second kappa shape index (κ2) is 1.78. The third-order valence-corrected chi connectivity index (χ3v) is 0. The van der Waals surface area contributed by atoms with Gasteiger partial charge in [-0.2, -0.15) is 0 Å². The largest absolute Gasteiger partial charge is 0.247 e. The first kappa shape index (κ1) is 6.22. The van der Waals surface area contributed by atoms with E-state index >= 15 is 0 Å². The molecule has 0 aliphatic carbocycles. The summed E-state index contributed by atoms with van der Waals surface area (Å²) in [4.78, 5) is 0. The van der Waals surface area contributed by atoms with Crippen LogP contribution in [0.4, 0.5) is 0 Å². The fourth-order valence-electron chi connectivity index (χ4n) is 0. The number of hydrogen-bond acceptors (Lipinski definition) is 0. The minimum Gasteiger partial charge on any atom is -0.0710 e. The zero-order valence-electron chi connectivity index (χ0n) is 2.04. The van der Waals surface area contributed by atoms with Crippen molar-refractivity contribution in [2.75, 3.05) is 0 Å². The van der Waals surface area contributed by atoms with E-state index < -0.39 is 3.12 Å². The van der Waals surface area contributed by atoms with Crippen LogP contribution in [0, 0.1) is 0 Å². The maximum Gasteiger partial charge on any atom is 0.247 e. The molecule has 0 aromatic carbocycles. The Bertz CT molecular complexity index is 22.4. The van der Waals surface area contributed by atoms with Gasteiger partial charge in [0.15, 0.2) is 0 Å². The van der Waals surface area contributed by atoms with Crippen molar-refractivity contribution in [3.05, 3.63) is 0 Å². The molecule has 0 heterocycles. The van der Waals surface area contributed by atoms with Crippen molar-refractivity contribution in [2.45, 2.75) is 3.12 Å². The predicted octanol–water partition coefficient (Wildman–Crippen LogP) is 2.51. The van der Waals surface area contributed by atoms with Gasteiger partial charge in [-0.05, 0) is 12.6 Å². The maximum atomic E-state index is 4.88. The molecule has 0 fully saturated rings. The molecule has 0 saturated carbocycles. The van der Waals surface area contributed by atoms with Gasteiger partial charge in [-0.25, -0.2) is 0 Å². The number of halogens is 3. The fourth-order valence-corrected chi connectivity index (χ4v) is 0. The molecule has 1 radical (unpaired) electrons. The molecule has 31 valence electrons. The van der Waals surface area contributed by atoms with E-state index in [2.05, 4.69) is 12.6 Å². The van der Waals surface area contributed by atoms with Crippen LogP contribution in [0.2, 0.25) is 0 Å². The quantitative estimate of drug-likeness (QED) is 0.466. The average Bonchev–Trinajstić information content (AvgIpc) is 0.722. The Kier molecular flexibility index (Phi) is 2.22. The van der Waals surface area contributed by atoms with Crippen LogP contribution in [0.15, 0.2) is 0 Å². The normalized spacial score (nSPS) is 12.0. The van der Waals surface area contributed by atoms with E-state index in [1.54, 1.807) is 0 Å². The molecule has 0 bridgehead atoms. The van der Waals surface area contributed by atoms with E-state index in [9.17, 15) is 0 Å². The van der Waals surface area contributed by atoms with Crippen LogP contribution in [0.3, 0.4) is 0 Å². The molecule has 0 spiro atoms. The van der Waals surface area contributed by atoms with Crippen molar-refractivity contribution in [3.63, 3.8) is 0 Å². The van der Waals surface area contributed by atoms with Gasteiger partial charge < -0.3 is 0 Å². The van der Waals surface area contributed by atoms with Gasteiger partial charge in [0.05, 0.1) is 0 Å². The Balaban J connectivity index is 3.02. The molecule has 0 N–H and O–H groups in total. The lowest BCUT2D eigenvalue weighted by molar-refractivity contribution is 1.82. The second-order valence-electron chi connectivity index (χ2n) is 0.446. The highest BCUT2D eigenvalue weighted by Crippen LogP contribution is 2.29. The molecule has 0 nitrogen and oxygen atoms in total. The first-order valence-electron chi connectivity index (χ1n) is 0.771. The van der Waals surface area contributed by atoms with Gasteiger partial charge in [-0.3, -0.25) is 0 Å². The van der Waals surface area contributed by atoms with Crippen molar-refractivity contribution in [1.82, 2.24) is 0 Å². The minimum absolute atomic E-state index is 1.50. The summed E-state index contributed by atoms with van der Waals surface area (Å²) in [5.41, 5.74) is 0. The lowest BCUT2D eigenvalue weighted by atomic mass is 11.8. The number of hydrogen-bond donors (Lipinski definition) is 0. The van der Waals surface area contributed by atoms with Gasteiger partial charge in [-0.1, -0.05) is 34.8 Å². The van der Waals surface area contributed by atoms with Crippen LogP contribution >= 0.6 is 47.4 Å². The summed E-state index contributed by atoms with van der Waals surface area (Å²) in [5, 5.41) is 0. The van der Waals surface area contributed by atoms with Gasteiger partial charge in [-0.15, -0.1) is 0 Å². The summed E-state index contributed by atoms with van der Waals surface area (Å²) in [7, 11) is 0. The molecule has 0 aromatic heterocycles.